The highest BCUT2D eigenvalue weighted by atomic mass is 14.1. The van der Waals surface area contributed by atoms with Crippen molar-refractivity contribution >= 4 is 0 Å². The van der Waals surface area contributed by atoms with Gasteiger partial charge in [0, 0.05) is 0 Å². The third-order valence-corrected chi connectivity index (χ3v) is 1.91. The molecule has 1 unspecified atom stereocenters. The van der Waals surface area contributed by atoms with E-state index < -0.39 is 0 Å². The first kappa shape index (κ1) is 10.7. The van der Waals surface area contributed by atoms with Gasteiger partial charge in [-0.15, -0.1) is 6.58 Å². The molecule has 0 amide bonds. The molecular formula is C11H21. The van der Waals surface area contributed by atoms with Crippen LogP contribution in [-0.4, -0.2) is 0 Å². The quantitative estimate of drug-likeness (QED) is 0.544. The summed E-state index contributed by atoms with van der Waals surface area (Å²) in [5, 5.41) is 0. The summed E-state index contributed by atoms with van der Waals surface area (Å²) in [5.74, 6) is 1.57. The number of hydrogen-bond donors (Lipinski definition) is 0. The van der Waals surface area contributed by atoms with Crippen molar-refractivity contribution < 1.29 is 0 Å². The lowest BCUT2D eigenvalue weighted by molar-refractivity contribution is 0.493. The van der Waals surface area contributed by atoms with E-state index in [9.17, 15) is 0 Å². The van der Waals surface area contributed by atoms with E-state index >= 15 is 0 Å². The second-order valence-electron chi connectivity index (χ2n) is 3.73. The van der Waals surface area contributed by atoms with Gasteiger partial charge < -0.3 is 0 Å². The Balaban J connectivity index is 3.16. The van der Waals surface area contributed by atoms with E-state index in [2.05, 4.69) is 33.8 Å². The Morgan fingerprint density at radius 2 is 1.82 bits per heavy atom. The Morgan fingerprint density at radius 1 is 1.18 bits per heavy atom. The van der Waals surface area contributed by atoms with Gasteiger partial charge in [-0.25, -0.2) is 0 Å². The van der Waals surface area contributed by atoms with Crippen LogP contribution in [0.1, 0.15) is 40.0 Å². The molecule has 0 spiro atoms. The van der Waals surface area contributed by atoms with Crippen molar-refractivity contribution in [2.24, 2.45) is 11.8 Å². The second-order valence-corrected chi connectivity index (χ2v) is 3.73. The predicted molar refractivity (Wildman–Crippen MR) is 52.4 cm³/mol. The lowest BCUT2D eigenvalue weighted by atomic mass is 9.97. The van der Waals surface area contributed by atoms with E-state index in [1.165, 1.54) is 19.3 Å². The minimum Gasteiger partial charge on any atom is -0.103 e. The van der Waals surface area contributed by atoms with Crippen molar-refractivity contribution in [3.63, 3.8) is 0 Å². The van der Waals surface area contributed by atoms with E-state index in [1.807, 2.05) is 6.08 Å². The van der Waals surface area contributed by atoms with Crippen LogP contribution in [0.5, 0.6) is 0 Å². The Kier molecular flexibility index (Phi) is 6.30. The van der Waals surface area contributed by atoms with Gasteiger partial charge >= 0.3 is 0 Å². The summed E-state index contributed by atoms with van der Waals surface area (Å²) in [5.41, 5.74) is 0. The SMILES string of the molecule is C=C[CH]C(C)CCCC(C)C. The van der Waals surface area contributed by atoms with Crippen LogP contribution in [-0.2, 0) is 0 Å². The monoisotopic (exact) mass is 153 g/mol. The molecule has 0 aromatic heterocycles. The number of allylic oxidation sites excluding steroid dienone is 1. The summed E-state index contributed by atoms with van der Waals surface area (Å²) in [7, 11) is 0. The summed E-state index contributed by atoms with van der Waals surface area (Å²) in [4.78, 5) is 0. The van der Waals surface area contributed by atoms with E-state index in [0.717, 1.165) is 5.92 Å². The molecule has 0 saturated carbocycles. The Hall–Kier alpha value is -0.260. The average molecular weight is 153 g/mol. The zero-order valence-corrected chi connectivity index (χ0v) is 8.14. The van der Waals surface area contributed by atoms with Crippen LogP contribution in [0.2, 0.25) is 0 Å². The molecule has 0 rings (SSSR count). The minimum absolute atomic E-state index is 0.714. The lowest BCUT2D eigenvalue weighted by Crippen LogP contribution is -1.95. The van der Waals surface area contributed by atoms with E-state index in [4.69, 9.17) is 0 Å². The standard InChI is InChI=1S/C11H21/c1-5-7-11(4)9-6-8-10(2)3/h5,7,10-11H,1,6,8-9H2,2-4H3. The molecule has 0 nitrogen and oxygen atoms in total. The fourth-order valence-corrected chi connectivity index (χ4v) is 1.18. The predicted octanol–water partition coefficient (Wildman–Crippen LogP) is 3.84. The molecule has 65 valence electrons. The fraction of sp³-hybridized carbons (Fsp3) is 0.727. The summed E-state index contributed by atoms with van der Waals surface area (Å²) in [6.45, 7) is 10.5. The molecule has 0 heteroatoms. The topological polar surface area (TPSA) is 0 Å². The maximum Gasteiger partial charge on any atom is -0.0145 e. The maximum absolute atomic E-state index is 3.69. The van der Waals surface area contributed by atoms with Crippen LogP contribution in [0.3, 0.4) is 0 Å². The van der Waals surface area contributed by atoms with Crippen LogP contribution >= 0.6 is 0 Å². The highest BCUT2D eigenvalue weighted by Crippen LogP contribution is 2.14. The average Bonchev–Trinajstić information content (AvgIpc) is 1.87. The molecule has 1 atom stereocenters. The smallest absolute Gasteiger partial charge is 0.0145 e. The third-order valence-electron chi connectivity index (χ3n) is 1.91. The number of rotatable bonds is 6. The van der Waals surface area contributed by atoms with Gasteiger partial charge in [-0.3, -0.25) is 0 Å². The molecule has 0 fully saturated rings. The minimum atomic E-state index is 0.714. The Bertz CT molecular complexity index is 92.2. The third kappa shape index (κ3) is 7.64. The first-order chi connectivity index (χ1) is 5.16. The van der Waals surface area contributed by atoms with Crippen molar-refractivity contribution in [3.05, 3.63) is 19.1 Å². The van der Waals surface area contributed by atoms with Crippen molar-refractivity contribution in [1.29, 1.82) is 0 Å². The molecule has 0 aromatic carbocycles. The first-order valence-corrected chi connectivity index (χ1v) is 4.62. The van der Waals surface area contributed by atoms with Crippen molar-refractivity contribution in [2.75, 3.05) is 0 Å². The molecule has 0 aliphatic carbocycles. The molecule has 0 bridgehead atoms. The van der Waals surface area contributed by atoms with Gasteiger partial charge in [0.1, 0.15) is 0 Å². The van der Waals surface area contributed by atoms with Gasteiger partial charge in [0.15, 0.2) is 0 Å². The van der Waals surface area contributed by atoms with Gasteiger partial charge in [-0.05, 0) is 18.3 Å². The van der Waals surface area contributed by atoms with Crippen molar-refractivity contribution in [3.8, 4) is 0 Å². The van der Waals surface area contributed by atoms with Gasteiger partial charge in [-0.2, -0.15) is 0 Å². The second kappa shape index (κ2) is 6.45. The normalized spacial score (nSPS) is 13.5. The van der Waals surface area contributed by atoms with Crippen LogP contribution in [0.4, 0.5) is 0 Å². The molecule has 0 aromatic rings. The molecule has 0 saturated heterocycles. The van der Waals surface area contributed by atoms with Gasteiger partial charge in [0.25, 0.3) is 0 Å². The summed E-state index contributed by atoms with van der Waals surface area (Å²) >= 11 is 0. The van der Waals surface area contributed by atoms with Crippen LogP contribution in [0.15, 0.2) is 12.7 Å². The molecule has 0 aliphatic heterocycles. The van der Waals surface area contributed by atoms with Gasteiger partial charge in [0.05, 0.1) is 0 Å². The van der Waals surface area contributed by atoms with Gasteiger partial charge in [-0.1, -0.05) is 46.1 Å². The maximum atomic E-state index is 3.69. The summed E-state index contributed by atoms with van der Waals surface area (Å²) < 4.78 is 0. The van der Waals surface area contributed by atoms with E-state index in [1.54, 1.807) is 0 Å². The highest BCUT2D eigenvalue weighted by Gasteiger charge is 2.00. The molecule has 0 aliphatic rings. The van der Waals surface area contributed by atoms with Crippen LogP contribution in [0, 0.1) is 18.3 Å². The van der Waals surface area contributed by atoms with Crippen LogP contribution in [0.25, 0.3) is 0 Å². The van der Waals surface area contributed by atoms with Crippen LogP contribution < -0.4 is 0 Å². The zero-order chi connectivity index (χ0) is 8.69. The highest BCUT2D eigenvalue weighted by molar-refractivity contribution is 4.90. The van der Waals surface area contributed by atoms with E-state index in [0.29, 0.717) is 5.92 Å². The molecule has 1 radical (unpaired) electrons. The Labute approximate surface area is 71.7 Å². The first-order valence-electron chi connectivity index (χ1n) is 4.62. The number of hydrogen-bond acceptors (Lipinski definition) is 0. The summed E-state index contributed by atoms with van der Waals surface area (Å²) in [6.07, 6.45) is 8.10. The fourth-order valence-electron chi connectivity index (χ4n) is 1.18. The van der Waals surface area contributed by atoms with Gasteiger partial charge in [0.2, 0.25) is 0 Å². The van der Waals surface area contributed by atoms with Crippen molar-refractivity contribution in [1.82, 2.24) is 0 Å². The molecular weight excluding hydrogens is 132 g/mol. The largest absolute Gasteiger partial charge is 0.103 e. The van der Waals surface area contributed by atoms with Crippen molar-refractivity contribution in [2.45, 2.75) is 40.0 Å². The van der Waals surface area contributed by atoms with E-state index in [-0.39, 0.29) is 0 Å². The lowest BCUT2D eigenvalue weighted by Gasteiger charge is -2.08. The Morgan fingerprint density at radius 3 is 2.27 bits per heavy atom. The summed E-state index contributed by atoms with van der Waals surface area (Å²) in [6, 6.07) is 0. The molecule has 0 heterocycles. The molecule has 11 heavy (non-hydrogen) atoms. The zero-order valence-electron chi connectivity index (χ0n) is 8.14. The molecule has 0 N–H and O–H groups in total.